The van der Waals surface area contributed by atoms with Gasteiger partial charge in [0.2, 0.25) is 11.8 Å². The number of aromatic carboxylic acids is 1. The number of hydrogen-bond donors (Lipinski definition) is 6. The van der Waals surface area contributed by atoms with Crippen LogP contribution >= 0.6 is 46.6 Å². The minimum Gasteiger partial charge on any atom is -0.478 e. The number of thioether (sulfide) groups is 1. The minimum atomic E-state index is -5.33. The average molecular weight is 1040 g/mol. The van der Waals surface area contributed by atoms with Crippen LogP contribution in [0, 0.1) is 0 Å². The summed E-state index contributed by atoms with van der Waals surface area (Å²) in [6.07, 6.45) is 2.23. The van der Waals surface area contributed by atoms with Gasteiger partial charge in [0.1, 0.15) is 0 Å². The van der Waals surface area contributed by atoms with Crippen molar-refractivity contribution in [3.05, 3.63) is 71.2 Å². The number of likely N-dealkylation sites (tertiary alicyclic amines) is 1. The summed E-state index contributed by atoms with van der Waals surface area (Å²) in [5.74, 6) is -4.74. The number of amides is 3. The molecule has 0 radical (unpaired) electrons. The van der Waals surface area contributed by atoms with Gasteiger partial charge in [-0.15, -0.1) is 11.8 Å². The number of halogens is 3. The highest BCUT2D eigenvalue weighted by Gasteiger charge is 2.44. The zero-order valence-corrected chi connectivity index (χ0v) is 42.0. The van der Waals surface area contributed by atoms with E-state index in [1.807, 2.05) is 6.92 Å². The Bertz CT molecular complexity index is 3040. The van der Waals surface area contributed by atoms with Crippen molar-refractivity contribution in [2.75, 3.05) is 30.7 Å². The summed E-state index contributed by atoms with van der Waals surface area (Å²) in [6, 6.07) is 3.01. The van der Waals surface area contributed by atoms with Crippen LogP contribution in [0.4, 0.5) is 5.69 Å². The van der Waals surface area contributed by atoms with Gasteiger partial charge in [-0.05, 0) is 94.9 Å². The lowest BCUT2D eigenvalue weighted by Crippen LogP contribution is -2.39. The normalized spacial score (nSPS) is 20.5. The first-order chi connectivity index (χ1) is 31.1. The fraction of sp³-hybridized carbons (Fsp3) is 0.477. The molecule has 3 atom stereocenters. The average Bonchev–Trinajstić information content (AvgIpc) is 3.46. The molecule has 1 saturated heterocycles. The standard InChI is InChI=1S/C44H50Cl3N5O12S3/c1-19-17-43(3,4)50-34-21(19)14-23-27(24-15-22-20(2)18-44(5,6)51-35(22)39(67(61,62)63)37(24)64-36(23)38(34)66(58,59)60)28-29(42(56)57)32(46)33(47)30(31(28)45)40(54)49-11-8-7-9-12-52-26(53)16-25(41(52)55)65-13-10-48/h14-15,19-20,25,50H,7-13,16-18,48H2,1-6H3,(H,49,54)(H,56,57)(H,58,59,60)(H,61,62,63). The Balaban J connectivity index is 1.43. The van der Waals surface area contributed by atoms with Crippen LogP contribution in [-0.4, -0.2) is 101 Å². The van der Waals surface area contributed by atoms with Crippen LogP contribution < -0.4 is 31.7 Å². The number of imide groups is 1. The third-order valence-corrected chi connectivity index (χ3v) is 16.6. The second-order valence-corrected chi connectivity index (χ2v) is 23.7. The number of fused-ring (bicyclic) bond motifs is 4. The molecule has 67 heavy (non-hydrogen) atoms. The molecule has 1 fully saturated rings. The maximum absolute atomic E-state index is 14.2. The number of benzene rings is 3. The highest BCUT2D eigenvalue weighted by molar-refractivity contribution is 8.00. The summed E-state index contributed by atoms with van der Waals surface area (Å²) >= 11 is 22.1. The SMILES string of the molecule is CC1CC(C)(C)Nc2c1cc1c(c2S(=O)(=O)O)Oc2c(S(=O)(=O)O)c3c(cc2=C1c1c(Cl)c(C(=O)NCCCCCN2C(=O)CC(SCCN)C2=O)c(Cl)c(Cl)c1C(=O)O)C(C)CC(C)(C)N=3. The number of carboxylic acid groups (broad SMARTS) is 1. The molecule has 362 valence electrons. The van der Waals surface area contributed by atoms with Gasteiger partial charge >= 0.3 is 5.97 Å². The third-order valence-electron chi connectivity index (χ3n) is 12.3. The summed E-state index contributed by atoms with van der Waals surface area (Å²) in [5.41, 5.74) is 2.37. The summed E-state index contributed by atoms with van der Waals surface area (Å²) in [7, 11) is -10.6. The quantitative estimate of drug-likeness (QED) is 0.0340. The van der Waals surface area contributed by atoms with Crippen molar-refractivity contribution in [3.8, 4) is 11.5 Å². The Labute approximate surface area is 406 Å². The molecular formula is C44H50Cl3N5O12S3. The molecule has 0 bridgehead atoms. The molecule has 0 aromatic heterocycles. The molecule has 3 aromatic rings. The van der Waals surface area contributed by atoms with Gasteiger partial charge in [0.15, 0.2) is 21.3 Å². The predicted octanol–water partition coefficient (Wildman–Crippen LogP) is 6.51. The molecule has 4 heterocycles. The number of carbonyl (C=O) groups excluding carboxylic acids is 3. The number of ether oxygens (including phenoxy) is 1. The number of carboxylic acids is 1. The lowest BCUT2D eigenvalue weighted by Gasteiger charge is -2.39. The van der Waals surface area contributed by atoms with E-state index in [0.29, 0.717) is 55.5 Å². The van der Waals surface area contributed by atoms with Gasteiger partial charge < -0.3 is 26.2 Å². The summed E-state index contributed by atoms with van der Waals surface area (Å²) < 4.78 is 83.1. The van der Waals surface area contributed by atoms with Crippen LogP contribution in [0.15, 0.2) is 26.9 Å². The third kappa shape index (κ3) is 9.54. The topological polar surface area (TPSA) is 272 Å². The van der Waals surface area contributed by atoms with Gasteiger partial charge in [-0.2, -0.15) is 16.8 Å². The second-order valence-electron chi connectivity index (χ2n) is 18.6. The zero-order chi connectivity index (χ0) is 49.5. The van der Waals surface area contributed by atoms with Crippen molar-refractivity contribution >= 4 is 102 Å². The van der Waals surface area contributed by atoms with Crippen LogP contribution in [-0.2, 0) is 29.8 Å². The molecule has 4 aliphatic rings. The van der Waals surface area contributed by atoms with Gasteiger partial charge in [0, 0.05) is 59.3 Å². The smallest absolute Gasteiger partial charge is 0.337 e. The van der Waals surface area contributed by atoms with Crippen molar-refractivity contribution in [1.29, 1.82) is 0 Å². The molecule has 3 aromatic carbocycles. The van der Waals surface area contributed by atoms with E-state index in [2.05, 4.69) is 15.6 Å². The number of nitrogens with one attached hydrogen (secondary N) is 2. The van der Waals surface area contributed by atoms with Gasteiger partial charge in [-0.1, -0.05) is 48.7 Å². The monoisotopic (exact) mass is 1040 g/mol. The van der Waals surface area contributed by atoms with E-state index in [9.17, 15) is 50.2 Å². The van der Waals surface area contributed by atoms with Gasteiger partial charge in [-0.3, -0.25) is 33.4 Å². The highest BCUT2D eigenvalue weighted by atomic mass is 35.5. The Morgan fingerprint density at radius 1 is 0.925 bits per heavy atom. The zero-order valence-electron chi connectivity index (χ0n) is 37.3. The van der Waals surface area contributed by atoms with Gasteiger partial charge in [-0.25, -0.2) is 4.79 Å². The van der Waals surface area contributed by atoms with Gasteiger partial charge in [0.25, 0.3) is 26.1 Å². The van der Waals surface area contributed by atoms with Crippen molar-refractivity contribution in [2.45, 2.75) is 118 Å². The fourth-order valence-corrected chi connectivity index (χ4v) is 13.3. The summed E-state index contributed by atoms with van der Waals surface area (Å²) in [4.78, 5) is 57.1. The van der Waals surface area contributed by atoms with Crippen LogP contribution in [0.5, 0.6) is 11.5 Å². The first-order valence-corrected chi connectivity index (χ1v) is 26.5. The molecule has 7 N–H and O–H groups in total. The maximum Gasteiger partial charge on any atom is 0.337 e. The Morgan fingerprint density at radius 3 is 2.19 bits per heavy atom. The van der Waals surface area contributed by atoms with Crippen LogP contribution in [0.3, 0.4) is 0 Å². The predicted molar refractivity (Wildman–Crippen MR) is 254 cm³/mol. The first-order valence-electron chi connectivity index (χ1n) is 21.4. The molecule has 0 aliphatic carbocycles. The van der Waals surface area contributed by atoms with Crippen molar-refractivity contribution in [1.82, 2.24) is 10.2 Å². The fourth-order valence-electron chi connectivity index (χ4n) is 9.75. The van der Waals surface area contributed by atoms with Crippen molar-refractivity contribution < 1.29 is 55.0 Å². The Morgan fingerprint density at radius 2 is 1.57 bits per heavy atom. The van der Waals surface area contributed by atoms with Gasteiger partial charge in [0.05, 0.1) is 48.0 Å². The number of nitrogens with two attached hydrogens (primary N) is 1. The molecule has 3 amide bonds. The second kappa shape index (κ2) is 18.4. The van der Waals surface area contributed by atoms with E-state index in [4.69, 9.17) is 45.3 Å². The lowest BCUT2D eigenvalue weighted by molar-refractivity contribution is -0.138. The van der Waals surface area contributed by atoms with Crippen molar-refractivity contribution in [2.24, 2.45) is 10.7 Å². The molecule has 7 rings (SSSR count). The number of anilines is 1. The molecule has 0 spiro atoms. The maximum atomic E-state index is 14.2. The lowest BCUT2D eigenvalue weighted by atomic mass is 9.79. The van der Waals surface area contributed by atoms with E-state index >= 15 is 0 Å². The number of rotatable bonds is 14. The molecule has 23 heteroatoms. The molecular weight excluding hydrogens is 993 g/mol. The van der Waals surface area contributed by atoms with Crippen LogP contribution in [0.2, 0.25) is 15.1 Å². The first kappa shape index (κ1) is 50.9. The van der Waals surface area contributed by atoms with E-state index in [1.165, 1.54) is 28.8 Å². The summed E-state index contributed by atoms with van der Waals surface area (Å²) in [5, 5.41) is 14.2. The van der Waals surface area contributed by atoms with E-state index in [0.717, 1.165) is 0 Å². The van der Waals surface area contributed by atoms with E-state index in [-0.39, 0.29) is 58.7 Å². The molecule has 3 unspecified atom stereocenters. The number of carbonyl (C=O) groups is 4. The minimum absolute atomic E-state index is 0.0265. The highest BCUT2D eigenvalue weighted by Crippen LogP contribution is 2.53. The number of hydrogen-bond acceptors (Lipinski definition) is 13. The van der Waals surface area contributed by atoms with E-state index in [1.54, 1.807) is 34.6 Å². The Kier molecular flexibility index (Phi) is 14.0. The van der Waals surface area contributed by atoms with Crippen LogP contribution in [0.1, 0.15) is 135 Å². The van der Waals surface area contributed by atoms with E-state index < -0.39 is 113 Å². The van der Waals surface area contributed by atoms with Crippen molar-refractivity contribution in [3.63, 3.8) is 0 Å². The number of unbranched alkanes of at least 4 members (excludes halogenated alkanes) is 2. The number of nitrogens with zero attached hydrogens (tertiary/aromatic N) is 2. The molecule has 4 aliphatic heterocycles. The van der Waals surface area contributed by atoms with Crippen LogP contribution in [0.25, 0.3) is 5.57 Å². The Hall–Kier alpha value is -3.99. The molecule has 17 nitrogen and oxygen atoms in total. The molecule has 0 saturated carbocycles. The summed E-state index contributed by atoms with van der Waals surface area (Å²) in [6.45, 7) is 11.3. The largest absolute Gasteiger partial charge is 0.478 e.